The molecule has 9 heteroatoms. The van der Waals surface area contributed by atoms with Gasteiger partial charge in [-0.25, -0.2) is 9.36 Å². The number of aliphatic imine (C=N–C) groups is 1. The van der Waals surface area contributed by atoms with Crippen molar-refractivity contribution < 1.29 is 4.74 Å². The lowest BCUT2D eigenvalue weighted by atomic mass is 10.2. The highest BCUT2D eigenvalue weighted by Crippen LogP contribution is 2.34. The van der Waals surface area contributed by atoms with Gasteiger partial charge in [-0.2, -0.15) is 0 Å². The number of nitrogens with one attached hydrogen (secondary N) is 1. The van der Waals surface area contributed by atoms with Crippen molar-refractivity contribution in [2.45, 2.75) is 0 Å². The van der Waals surface area contributed by atoms with E-state index in [1.54, 1.807) is 18.3 Å². The maximum absolute atomic E-state index is 12.9. The van der Waals surface area contributed by atoms with Gasteiger partial charge in [0.05, 0.1) is 18.7 Å². The number of aromatic amines is 1. The minimum atomic E-state index is -0.526. The van der Waals surface area contributed by atoms with Crippen LogP contribution in [0.1, 0.15) is 5.56 Å². The zero-order chi connectivity index (χ0) is 23.5. The van der Waals surface area contributed by atoms with Gasteiger partial charge in [0.1, 0.15) is 4.70 Å². The number of morpholine rings is 1. The average Bonchev–Trinajstić information content (AvgIpc) is 3.28. The van der Waals surface area contributed by atoms with E-state index in [-0.39, 0.29) is 0 Å². The van der Waals surface area contributed by atoms with E-state index >= 15 is 0 Å². The lowest BCUT2D eigenvalue weighted by Crippen LogP contribution is -2.36. The summed E-state index contributed by atoms with van der Waals surface area (Å²) < 4.78 is 6.86. The van der Waals surface area contributed by atoms with Gasteiger partial charge in [0.25, 0.3) is 5.56 Å². The van der Waals surface area contributed by atoms with Gasteiger partial charge in [0.15, 0.2) is 0 Å². The van der Waals surface area contributed by atoms with Crippen molar-refractivity contribution >= 4 is 51.3 Å². The summed E-state index contributed by atoms with van der Waals surface area (Å²) >= 11 is 7.58. The van der Waals surface area contributed by atoms with Gasteiger partial charge in [0, 0.05) is 52.9 Å². The third-order valence-corrected chi connectivity index (χ3v) is 7.03. The second-order valence-corrected chi connectivity index (χ2v) is 9.17. The smallest absolute Gasteiger partial charge is 0.333 e. The summed E-state index contributed by atoms with van der Waals surface area (Å²) in [4.78, 5) is 35.5. The number of benzene rings is 2. The van der Waals surface area contributed by atoms with Crippen LogP contribution in [0.3, 0.4) is 0 Å². The van der Waals surface area contributed by atoms with Crippen LogP contribution in [0.2, 0.25) is 5.02 Å². The Labute approximate surface area is 204 Å². The molecule has 0 bridgehead atoms. The quantitative estimate of drug-likeness (QED) is 0.417. The Hall–Kier alpha value is -3.46. The number of anilines is 1. The largest absolute Gasteiger partial charge is 0.378 e. The van der Waals surface area contributed by atoms with Crippen molar-refractivity contribution in [3.63, 3.8) is 0 Å². The van der Waals surface area contributed by atoms with Gasteiger partial charge >= 0.3 is 5.69 Å². The molecule has 1 aliphatic heterocycles. The molecule has 34 heavy (non-hydrogen) atoms. The molecule has 1 fully saturated rings. The first-order valence-corrected chi connectivity index (χ1v) is 12.0. The number of hydrogen-bond donors (Lipinski definition) is 1. The summed E-state index contributed by atoms with van der Waals surface area (Å²) in [5.41, 5.74) is 2.45. The molecule has 2 aromatic heterocycles. The normalized spacial score (nSPS) is 14.6. The Morgan fingerprint density at radius 3 is 2.59 bits per heavy atom. The molecule has 1 N–H and O–H groups in total. The highest BCUT2D eigenvalue weighted by atomic mass is 35.5. The second-order valence-electron chi connectivity index (χ2n) is 7.71. The van der Waals surface area contributed by atoms with Crippen LogP contribution in [0.4, 0.5) is 5.69 Å². The van der Waals surface area contributed by atoms with Gasteiger partial charge in [-0.05, 0) is 29.8 Å². The molecule has 2 aromatic carbocycles. The highest BCUT2D eigenvalue weighted by Gasteiger charge is 2.13. The molecular weight excluding hydrogens is 472 g/mol. The van der Waals surface area contributed by atoms with Gasteiger partial charge in [-0.1, -0.05) is 41.9 Å². The summed E-state index contributed by atoms with van der Waals surface area (Å²) in [7, 11) is 0. The molecular formula is C25H21ClN4O3S. The highest BCUT2D eigenvalue weighted by molar-refractivity contribution is 7.22. The fourth-order valence-corrected chi connectivity index (χ4v) is 5.16. The molecule has 172 valence electrons. The lowest BCUT2D eigenvalue weighted by molar-refractivity contribution is 0.122. The topological polar surface area (TPSA) is 79.7 Å². The van der Waals surface area contributed by atoms with Gasteiger partial charge in [-0.15, -0.1) is 11.3 Å². The number of fused-ring (bicyclic) bond motifs is 1. The van der Waals surface area contributed by atoms with E-state index < -0.39 is 11.2 Å². The Kier molecular flexibility index (Phi) is 6.44. The number of rotatable bonds is 5. The zero-order valence-electron chi connectivity index (χ0n) is 18.1. The van der Waals surface area contributed by atoms with E-state index in [4.69, 9.17) is 16.3 Å². The standard InChI is InChI=1S/C25H21ClN4O3S/c26-20-4-2-1-3-19(20)22-15-21-23(34-22)24(31)30(25(32)28-21)10-9-27-16-17-5-7-18(8-6-17)29-11-13-33-14-12-29/h1-10,15-16H,11-14H2,(H,28,32)/b10-9+,27-16?. The molecule has 0 amide bonds. The van der Waals surface area contributed by atoms with E-state index in [0.717, 1.165) is 52.6 Å². The number of H-pyrrole nitrogens is 1. The van der Waals surface area contributed by atoms with E-state index in [0.29, 0.717) is 15.2 Å². The number of halogens is 1. The number of thiophene rings is 1. The van der Waals surface area contributed by atoms with E-state index in [1.165, 1.54) is 23.7 Å². The Morgan fingerprint density at radius 2 is 1.82 bits per heavy atom. The molecule has 1 saturated heterocycles. The Bertz CT molecular complexity index is 1500. The molecule has 0 atom stereocenters. The fraction of sp³-hybridized carbons (Fsp3) is 0.160. The second kappa shape index (κ2) is 9.80. The van der Waals surface area contributed by atoms with Crippen molar-refractivity contribution in [3.8, 4) is 10.4 Å². The molecule has 0 unspecified atom stereocenters. The van der Waals surface area contributed by atoms with E-state index in [1.807, 2.05) is 42.5 Å². The van der Waals surface area contributed by atoms with Crippen LogP contribution in [0.5, 0.6) is 0 Å². The SMILES string of the molecule is O=c1[nH]c2cc(-c3ccccc3Cl)sc2c(=O)n1/C=C/N=Cc1ccc(N2CCOCC2)cc1. The number of ether oxygens (including phenoxy) is 1. The van der Waals surface area contributed by atoms with E-state index in [2.05, 4.69) is 14.9 Å². The lowest BCUT2D eigenvalue weighted by Gasteiger charge is -2.28. The molecule has 1 aliphatic rings. The van der Waals surface area contributed by atoms with Crippen molar-refractivity contribution in [2.75, 3.05) is 31.2 Å². The summed E-state index contributed by atoms with van der Waals surface area (Å²) in [6.07, 6.45) is 4.48. The molecule has 7 nitrogen and oxygen atoms in total. The summed E-state index contributed by atoms with van der Waals surface area (Å²) in [6.45, 7) is 3.25. The van der Waals surface area contributed by atoms with Crippen molar-refractivity contribution in [2.24, 2.45) is 4.99 Å². The number of nitrogens with zero attached hydrogens (tertiary/aromatic N) is 3. The van der Waals surface area contributed by atoms with Crippen LogP contribution in [-0.4, -0.2) is 42.1 Å². The minimum absolute atomic E-state index is 0.400. The fourth-order valence-electron chi connectivity index (χ4n) is 3.78. The monoisotopic (exact) mass is 492 g/mol. The predicted molar refractivity (Wildman–Crippen MR) is 140 cm³/mol. The van der Waals surface area contributed by atoms with Crippen molar-refractivity contribution in [3.05, 3.63) is 92.2 Å². The predicted octanol–water partition coefficient (Wildman–Crippen LogP) is 4.46. The van der Waals surface area contributed by atoms with Crippen LogP contribution < -0.4 is 16.1 Å². The van der Waals surface area contributed by atoms with Crippen LogP contribution >= 0.6 is 22.9 Å². The first-order valence-electron chi connectivity index (χ1n) is 10.8. The van der Waals surface area contributed by atoms with Crippen molar-refractivity contribution in [1.29, 1.82) is 0 Å². The molecule has 0 spiro atoms. The van der Waals surface area contributed by atoms with Gasteiger partial charge in [-0.3, -0.25) is 9.79 Å². The Morgan fingerprint density at radius 1 is 1.06 bits per heavy atom. The zero-order valence-corrected chi connectivity index (χ0v) is 19.7. The number of aromatic nitrogens is 2. The summed E-state index contributed by atoms with van der Waals surface area (Å²) in [5, 5.41) is 0.587. The third-order valence-electron chi connectivity index (χ3n) is 5.54. The molecule has 0 saturated carbocycles. The average molecular weight is 493 g/mol. The maximum atomic E-state index is 12.9. The van der Waals surface area contributed by atoms with Crippen LogP contribution in [0.25, 0.3) is 26.9 Å². The van der Waals surface area contributed by atoms with Gasteiger partial charge < -0.3 is 14.6 Å². The first kappa shape index (κ1) is 22.3. The third kappa shape index (κ3) is 4.61. The van der Waals surface area contributed by atoms with Crippen LogP contribution in [-0.2, 0) is 4.74 Å². The molecule has 0 aliphatic carbocycles. The summed E-state index contributed by atoms with van der Waals surface area (Å²) in [5.74, 6) is 0. The number of hydrogen-bond acceptors (Lipinski definition) is 6. The molecule has 4 aromatic rings. The van der Waals surface area contributed by atoms with Crippen molar-refractivity contribution in [1.82, 2.24) is 9.55 Å². The maximum Gasteiger partial charge on any atom is 0.333 e. The Balaban J connectivity index is 1.35. The van der Waals surface area contributed by atoms with E-state index in [9.17, 15) is 9.59 Å². The molecule has 3 heterocycles. The molecule has 5 rings (SSSR count). The van der Waals surface area contributed by atoms with Crippen LogP contribution in [0, 0.1) is 0 Å². The van der Waals surface area contributed by atoms with Gasteiger partial charge in [0.2, 0.25) is 0 Å². The first-order chi connectivity index (χ1) is 16.6. The molecule has 0 radical (unpaired) electrons. The summed E-state index contributed by atoms with van der Waals surface area (Å²) in [6, 6.07) is 17.2. The van der Waals surface area contributed by atoms with Crippen LogP contribution in [0.15, 0.2) is 75.4 Å². The minimum Gasteiger partial charge on any atom is -0.378 e.